The van der Waals surface area contributed by atoms with Crippen LogP contribution in [0.15, 0.2) is 36.4 Å². The molecule has 0 radical (unpaired) electrons. The van der Waals surface area contributed by atoms with Gasteiger partial charge in [-0.1, -0.05) is 29.8 Å². The van der Waals surface area contributed by atoms with Crippen molar-refractivity contribution in [3.63, 3.8) is 0 Å². The van der Waals surface area contributed by atoms with Gasteiger partial charge in [0.1, 0.15) is 17.5 Å². The number of aryl methyl sites for hydroxylation is 3. The van der Waals surface area contributed by atoms with Crippen molar-refractivity contribution in [3.8, 4) is 5.75 Å². The molecule has 2 aromatic rings. The number of hydrogen-bond acceptors (Lipinski definition) is 3. The Balaban J connectivity index is 1.88. The average Bonchev–Trinajstić information content (AvgIpc) is 2.82. The summed E-state index contributed by atoms with van der Waals surface area (Å²) in [5.74, 6) is 0.0350. The van der Waals surface area contributed by atoms with Gasteiger partial charge >= 0.3 is 0 Å². The van der Waals surface area contributed by atoms with Gasteiger partial charge in [0.05, 0.1) is 7.11 Å². The molecule has 2 atom stereocenters. The number of methoxy groups -OCH3 is 1. The van der Waals surface area contributed by atoms with Gasteiger partial charge in [0.2, 0.25) is 0 Å². The lowest BCUT2D eigenvalue weighted by molar-refractivity contribution is -0.124. The van der Waals surface area contributed by atoms with Crippen LogP contribution >= 0.6 is 0 Å². The second-order valence-corrected chi connectivity index (χ2v) is 7.07. The zero-order valence-corrected chi connectivity index (χ0v) is 15.3. The van der Waals surface area contributed by atoms with Gasteiger partial charge in [-0.15, -0.1) is 0 Å². The predicted molar refractivity (Wildman–Crippen MR) is 98.2 cm³/mol. The number of carbonyl (C=O) groups is 2. The number of carbonyl (C=O) groups excluding carboxylic acids is 2. The van der Waals surface area contributed by atoms with Crippen molar-refractivity contribution < 1.29 is 14.3 Å². The summed E-state index contributed by atoms with van der Waals surface area (Å²) in [6.45, 7) is 6.02. The van der Waals surface area contributed by atoms with Crippen molar-refractivity contribution in [1.29, 1.82) is 0 Å². The molecule has 1 aliphatic carbocycles. The van der Waals surface area contributed by atoms with Gasteiger partial charge in [0.15, 0.2) is 5.78 Å². The largest absolute Gasteiger partial charge is 0.497 e. The SMILES string of the molecule is COc1cccc(CC2CC(=O)C(c3c(C)cc(C)cc3C)C2=O)c1. The molecule has 130 valence electrons. The molecule has 0 bridgehead atoms. The van der Waals surface area contributed by atoms with E-state index in [0.717, 1.165) is 33.6 Å². The van der Waals surface area contributed by atoms with Crippen LogP contribution in [0.25, 0.3) is 0 Å². The number of ether oxygens (including phenoxy) is 1. The van der Waals surface area contributed by atoms with Gasteiger partial charge in [0, 0.05) is 12.3 Å². The molecule has 0 aliphatic heterocycles. The number of hydrogen-bond donors (Lipinski definition) is 0. The van der Waals surface area contributed by atoms with E-state index in [1.165, 1.54) is 0 Å². The molecule has 3 heteroatoms. The summed E-state index contributed by atoms with van der Waals surface area (Å²) < 4.78 is 5.25. The van der Waals surface area contributed by atoms with Crippen LogP contribution in [0.2, 0.25) is 0 Å². The quantitative estimate of drug-likeness (QED) is 0.789. The summed E-state index contributed by atoms with van der Waals surface area (Å²) >= 11 is 0. The smallest absolute Gasteiger partial charge is 0.151 e. The van der Waals surface area contributed by atoms with E-state index >= 15 is 0 Å². The molecule has 0 spiro atoms. The molecule has 3 rings (SSSR count). The van der Waals surface area contributed by atoms with Crippen LogP contribution < -0.4 is 4.74 Å². The Hall–Kier alpha value is -2.42. The van der Waals surface area contributed by atoms with E-state index < -0.39 is 5.92 Å². The molecule has 0 amide bonds. The number of ketones is 2. The van der Waals surface area contributed by atoms with Crippen LogP contribution in [-0.4, -0.2) is 18.7 Å². The van der Waals surface area contributed by atoms with E-state index in [-0.39, 0.29) is 17.5 Å². The first-order valence-corrected chi connectivity index (χ1v) is 8.67. The third-order valence-electron chi connectivity index (χ3n) is 5.10. The molecule has 0 aromatic heterocycles. The van der Waals surface area contributed by atoms with Gasteiger partial charge in [0.25, 0.3) is 0 Å². The highest BCUT2D eigenvalue weighted by atomic mass is 16.5. The third-order valence-corrected chi connectivity index (χ3v) is 5.10. The summed E-state index contributed by atoms with van der Waals surface area (Å²) in [5, 5.41) is 0. The molecule has 0 heterocycles. The monoisotopic (exact) mass is 336 g/mol. The van der Waals surface area contributed by atoms with Crippen molar-refractivity contribution in [2.45, 2.75) is 39.5 Å². The van der Waals surface area contributed by atoms with Crippen LogP contribution in [0.1, 0.15) is 40.2 Å². The maximum Gasteiger partial charge on any atom is 0.151 e. The first-order chi connectivity index (χ1) is 11.9. The molecule has 2 aromatic carbocycles. The Morgan fingerprint density at radius 1 is 1.04 bits per heavy atom. The Bertz CT molecular complexity index is 812. The molecular formula is C22H24O3. The Morgan fingerprint density at radius 3 is 2.36 bits per heavy atom. The normalized spacial score (nSPS) is 20.2. The van der Waals surface area contributed by atoms with E-state index in [9.17, 15) is 9.59 Å². The summed E-state index contributed by atoms with van der Waals surface area (Å²) in [5.41, 5.74) is 5.17. The Labute approximate surface area is 149 Å². The summed E-state index contributed by atoms with van der Waals surface area (Å²) in [7, 11) is 1.63. The van der Waals surface area contributed by atoms with E-state index in [1.807, 2.05) is 45.0 Å². The Morgan fingerprint density at radius 2 is 1.72 bits per heavy atom. The predicted octanol–water partition coefficient (Wildman–Crippen LogP) is 4.10. The highest BCUT2D eigenvalue weighted by Crippen LogP contribution is 2.37. The lowest BCUT2D eigenvalue weighted by Gasteiger charge is -2.16. The molecule has 1 aliphatic rings. The first-order valence-electron chi connectivity index (χ1n) is 8.67. The summed E-state index contributed by atoms with van der Waals surface area (Å²) in [4.78, 5) is 25.7. The maximum absolute atomic E-state index is 13.0. The van der Waals surface area contributed by atoms with Crippen LogP contribution in [0.4, 0.5) is 0 Å². The fourth-order valence-corrected chi connectivity index (χ4v) is 4.06. The van der Waals surface area contributed by atoms with Gasteiger partial charge < -0.3 is 4.74 Å². The maximum atomic E-state index is 13.0. The van der Waals surface area contributed by atoms with E-state index in [4.69, 9.17) is 4.74 Å². The van der Waals surface area contributed by atoms with Crippen LogP contribution in [-0.2, 0) is 16.0 Å². The lowest BCUT2D eigenvalue weighted by Crippen LogP contribution is -2.18. The zero-order valence-electron chi connectivity index (χ0n) is 15.3. The molecule has 1 saturated carbocycles. The topological polar surface area (TPSA) is 43.4 Å². The number of rotatable bonds is 4. The minimum Gasteiger partial charge on any atom is -0.497 e. The van der Waals surface area contributed by atoms with Gasteiger partial charge in [-0.25, -0.2) is 0 Å². The van der Waals surface area contributed by atoms with Gasteiger partial charge in [-0.05, 0) is 61.6 Å². The molecule has 3 nitrogen and oxygen atoms in total. The van der Waals surface area contributed by atoms with E-state index in [1.54, 1.807) is 7.11 Å². The van der Waals surface area contributed by atoms with Crippen LogP contribution in [0, 0.1) is 26.7 Å². The third kappa shape index (κ3) is 3.37. The van der Waals surface area contributed by atoms with Gasteiger partial charge in [-0.3, -0.25) is 9.59 Å². The van der Waals surface area contributed by atoms with Crippen molar-refractivity contribution in [1.82, 2.24) is 0 Å². The number of Topliss-reactive ketones (excluding diaryl/α,β-unsaturated/α-hetero) is 2. The van der Waals surface area contributed by atoms with Crippen molar-refractivity contribution in [2.75, 3.05) is 7.11 Å². The van der Waals surface area contributed by atoms with Crippen LogP contribution in [0.5, 0.6) is 5.75 Å². The highest BCUT2D eigenvalue weighted by Gasteiger charge is 2.42. The first kappa shape index (κ1) is 17.4. The zero-order chi connectivity index (χ0) is 18.1. The fraction of sp³-hybridized carbons (Fsp3) is 0.364. The summed E-state index contributed by atoms with van der Waals surface area (Å²) in [6.07, 6.45) is 0.912. The second kappa shape index (κ2) is 6.83. The fourth-order valence-electron chi connectivity index (χ4n) is 4.06. The molecule has 25 heavy (non-hydrogen) atoms. The standard InChI is InChI=1S/C22H24O3/c1-13-8-14(2)20(15(3)9-13)21-19(23)12-17(22(21)24)10-16-6-5-7-18(11-16)25-4/h5-9,11,17,21H,10,12H2,1-4H3. The molecule has 1 fully saturated rings. The number of benzene rings is 2. The molecule has 0 saturated heterocycles. The minimum atomic E-state index is -0.601. The second-order valence-electron chi connectivity index (χ2n) is 7.07. The van der Waals surface area contributed by atoms with E-state index in [0.29, 0.717) is 12.8 Å². The molecule has 0 N–H and O–H groups in total. The molecular weight excluding hydrogens is 312 g/mol. The minimum absolute atomic E-state index is 0.0490. The summed E-state index contributed by atoms with van der Waals surface area (Å²) in [6, 6.07) is 11.8. The Kier molecular flexibility index (Phi) is 4.76. The van der Waals surface area contributed by atoms with Crippen molar-refractivity contribution >= 4 is 11.6 Å². The van der Waals surface area contributed by atoms with E-state index in [2.05, 4.69) is 12.1 Å². The highest BCUT2D eigenvalue weighted by molar-refractivity contribution is 6.15. The van der Waals surface area contributed by atoms with Crippen LogP contribution in [0.3, 0.4) is 0 Å². The van der Waals surface area contributed by atoms with Crippen molar-refractivity contribution in [2.24, 2.45) is 5.92 Å². The van der Waals surface area contributed by atoms with Crippen molar-refractivity contribution in [3.05, 3.63) is 64.2 Å². The van der Waals surface area contributed by atoms with Gasteiger partial charge in [-0.2, -0.15) is 0 Å². The average molecular weight is 336 g/mol. The molecule has 2 unspecified atom stereocenters. The lowest BCUT2D eigenvalue weighted by atomic mass is 9.86.